The first-order valence-electron chi connectivity index (χ1n) is 8.81. The van der Waals surface area contributed by atoms with Gasteiger partial charge < -0.3 is 14.1 Å². The Labute approximate surface area is 152 Å². The summed E-state index contributed by atoms with van der Waals surface area (Å²) in [5, 5.41) is 8.43. The van der Waals surface area contributed by atoms with Gasteiger partial charge in [0, 0.05) is 18.7 Å². The first-order chi connectivity index (χ1) is 12.6. The normalized spacial score (nSPS) is 21.0. The fraction of sp³-hybridized carbons (Fsp3) is 0.350. The second-order valence-corrected chi connectivity index (χ2v) is 6.80. The molecule has 0 bridgehead atoms. The van der Waals surface area contributed by atoms with Gasteiger partial charge in [-0.05, 0) is 33.0 Å². The summed E-state index contributed by atoms with van der Waals surface area (Å²) in [6.45, 7) is 5.66. The maximum Gasteiger partial charge on any atom is 0.249 e. The first kappa shape index (κ1) is 16.9. The maximum atomic E-state index is 5.95. The second kappa shape index (κ2) is 6.97. The average molecular weight is 350 g/mol. The zero-order valence-corrected chi connectivity index (χ0v) is 15.2. The van der Waals surface area contributed by atoms with Crippen LogP contribution in [-0.2, 0) is 4.74 Å². The number of likely N-dealkylation sites (N-methyl/N-ethyl adjacent to an activating group) is 1. The fourth-order valence-electron chi connectivity index (χ4n) is 3.33. The van der Waals surface area contributed by atoms with Gasteiger partial charge in [0.2, 0.25) is 11.8 Å². The Balaban J connectivity index is 1.60. The minimum atomic E-state index is -0.193. The van der Waals surface area contributed by atoms with E-state index in [-0.39, 0.29) is 12.2 Å². The molecule has 4 rings (SSSR count). The van der Waals surface area contributed by atoms with Gasteiger partial charge in [0.15, 0.2) is 0 Å². The molecule has 3 aromatic rings. The van der Waals surface area contributed by atoms with E-state index in [0.29, 0.717) is 11.8 Å². The van der Waals surface area contributed by atoms with Crippen LogP contribution in [0.3, 0.4) is 0 Å². The first-order valence-corrected chi connectivity index (χ1v) is 8.81. The Hall–Kier alpha value is -2.57. The van der Waals surface area contributed by atoms with E-state index < -0.39 is 0 Å². The predicted molar refractivity (Wildman–Crippen MR) is 98.5 cm³/mol. The van der Waals surface area contributed by atoms with Crippen molar-refractivity contribution < 1.29 is 9.15 Å². The van der Waals surface area contributed by atoms with E-state index in [9.17, 15) is 0 Å². The molecular weight excluding hydrogens is 328 g/mol. The number of aryl methyl sites for hydroxylation is 1. The Morgan fingerprint density at radius 3 is 2.58 bits per heavy atom. The topological polar surface area (TPSA) is 64.3 Å². The molecule has 2 aromatic heterocycles. The largest absolute Gasteiger partial charge is 0.418 e. The zero-order chi connectivity index (χ0) is 18.1. The quantitative estimate of drug-likeness (QED) is 0.720. The molecule has 134 valence electrons. The van der Waals surface area contributed by atoms with Gasteiger partial charge in [-0.3, -0.25) is 4.98 Å². The average Bonchev–Trinajstić information content (AvgIpc) is 3.11. The van der Waals surface area contributed by atoms with Gasteiger partial charge in [-0.1, -0.05) is 30.3 Å². The molecule has 0 spiro atoms. The van der Waals surface area contributed by atoms with Crippen LogP contribution in [0.1, 0.15) is 24.6 Å². The molecule has 0 saturated carbocycles. The summed E-state index contributed by atoms with van der Waals surface area (Å²) in [5.74, 6) is 0.999. The Kier molecular flexibility index (Phi) is 4.53. The van der Waals surface area contributed by atoms with Crippen molar-refractivity contribution in [2.45, 2.75) is 26.1 Å². The Bertz CT molecular complexity index is 884. The number of ether oxygens (including phenoxy) is 1. The number of aromatic nitrogens is 3. The van der Waals surface area contributed by atoms with Crippen molar-refractivity contribution in [3.05, 3.63) is 54.0 Å². The third-order valence-corrected chi connectivity index (χ3v) is 4.54. The highest BCUT2D eigenvalue weighted by atomic mass is 16.5. The zero-order valence-electron chi connectivity index (χ0n) is 15.2. The van der Waals surface area contributed by atoms with Crippen LogP contribution in [-0.4, -0.2) is 46.3 Å². The lowest BCUT2D eigenvalue weighted by Gasteiger charge is -2.32. The summed E-state index contributed by atoms with van der Waals surface area (Å²) in [6, 6.07) is 14.1. The van der Waals surface area contributed by atoms with Crippen molar-refractivity contribution in [1.29, 1.82) is 0 Å². The minimum Gasteiger partial charge on any atom is -0.418 e. The van der Waals surface area contributed by atoms with Crippen LogP contribution in [0.5, 0.6) is 0 Å². The molecule has 26 heavy (non-hydrogen) atoms. The van der Waals surface area contributed by atoms with Crippen LogP contribution in [0.15, 0.2) is 46.9 Å². The molecule has 0 aliphatic carbocycles. The highest BCUT2D eigenvalue weighted by molar-refractivity contribution is 5.64. The van der Waals surface area contributed by atoms with Gasteiger partial charge in [-0.15, -0.1) is 10.2 Å². The predicted octanol–water partition coefficient (Wildman–Crippen LogP) is 3.50. The summed E-state index contributed by atoms with van der Waals surface area (Å²) < 4.78 is 11.9. The van der Waals surface area contributed by atoms with Gasteiger partial charge in [-0.25, -0.2) is 0 Å². The number of rotatable bonds is 3. The molecule has 0 unspecified atom stereocenters. The van der Waals surface area contributed by atoms with Crippen LogP contribution < -0.4 is 0 Å². The van der Waals surface area contributed by atoms with E-state index in [4.69, 9.17) is 14.1 Å². The summed E-state index contributed by atoms with van der Waals surface area (Å²) >= 11 is 0. The number of nitrogens with zero attached hydrogens (tertiary/aromatic N) is 4. The van der Waals surface area contributed by atoms with E-state index in [1.165, 1.54) is 0 Å². The maximum absolute atomic E-state index is 5.95. The highest BCUT2D eigenvalue weighted by Crippen LogP contribution is 2.29. The molecule has 0 radical (unpaired) electrons. The number of hydrogen-bond donors (Lipinski definition) is 0. The van der Waals surface area contributed by atoms with Crippen molar-refractivity contribution in [3.8, 4) is 22.7 Å². The van der Waals surface area contributed by atoms with Gasteiger partial charge in [0.1, 0.15) is 6.10 Å². The van der Waals surface area contributed by atoms with Crippen LogP contribution in [0.4, 0.5) is 0 Å². The standard InChI is InChI=1S/C20H22N4O2/c1-13-11-24(3)12-18(25-13)20-23-22-19(26-20)16-9-10-17(21-14(16)2)15-7-5-4-6-8-15/h4-10,13,18H,11-12H2,1-3H3/t13-,18-/m1/s1. The van der Waals surface area contributed by atoms with Gasteiger partial charge in [0.05, 0.1) is 23.1 Å². The lowest BCUT2D eigenvalue weighted by atomic mass is 10.1. The van der Waals surface area contributed by atoms with Gasteiger partial charge in [0.25, 0.3) is 0 Å². The Morgan fingerprint density at radius 2 is 1.85 bits per heavy atom. The highest BCUT2D eigenvalue weighted by Gasteiger charge is 2.29. The van der Waals surface area contributed by atoms with E-state index in [1.807, 2.05) is 49.4 Å². The molecule has 0 amide bonds. The van der Waals surface area contributed by atoms with Crippen molar-refractivity contribution in [2.24, 2.45) is 0 Å². The van der Waals surface area contributed by atoms with Crippen molar-refractivity contribution in [3.63, 3.8) is 0 Å². The smallest absolute Gasteiger partial charge is 0.249 e. The monoisotopic (exact) mass is 350 g/mol. The van der Waals surface area contributed by atoms with E-state index in [2.05, 4.69) is 29.1 Å². The lowest BCUT2D eigenvalue weighted by molar-refractivity contribution is -0.0821. The number of benzene rings is 1. The summed E-state index contributed by atoms with van der Waals surface area (Å²) in [4.78, 5) is 6.91. The molecule has 0 N–H and O–H groups in total. The van der Waals surface area contributed by atoms with Gasteiger partial charge in [-0.2, -0.15) is 0 Å². The molecule has 1 aliphatic rings. The van der Waals surface area contributed by atoms with Gasteiger partial charge >= 0.3 is 0 Å². The number of morpholine rings is 1. The molecular formula is C20H22N4O2. The third kappa shape index (κ3) is 3.38. The van der Waals surface area contributed by atoms with E-state index >= 15 is 0 Å². The third-order valence-electron chi connectivity index (χ3n) is 4.54. The molecule has 6 heteroatoms. The molecule has 2 atom stereocenters. The van der Waals surface area contributed by atoms with E-state index in [1.54, 1.807) is 0 Å². The lowest BCUT2D eigenvalue weighted by Crippen LogP contribution is -2.40. The molecule has 1 aromatic carbocycles. The number of hydrogen-bond acceptors (Lipinski definition) is 6. The number of pyridine rings is 1. The molecule has 1 saturated heterocycles. The molecule has 1 fully saturated rings. The molecule has 1 aliphatic heterocycles. The Morgan fingerprint density at radius 1 is 1.04 bits per heavy atom. The summed E-state index contributed by atoms with van der Waals surface area (Å²) in [6.07, 6.45) is -0.0514. The van der Waals surface area contributed by atoms with Crippen LogP contribution in [0.25, 0.3) is 22.7 Å². The van der Waals surface area contributed by atoms with Crippen LogP contribution in [0, 0.1) is 6.92 Å². The molecule has 3 heterocycles. The van der Waals surface area contributed by atoms with Crippen molar-refractivity contribution in [2.75, 3.05) is 20.1 Å². The minimum absolute atomic E-state index is 0.141. The van der Waals surface area contributed by atoms with E-state index in [0.717, 1.165) is 35.6 Å². The van der Waals surface area contributed by atoms with Crippen LogP contribution in [0.2, 0.25) is 0 Å². The molecule has 6 nitrogen and oxygen atoms in total. The second-order valence-electron chi connectivity index (χ2n) is 6.80. The van der Waals surface area contributed by atoms with Crippen molar-refractivity contribution >= 4 is 0 Å². The van der Waals surface area contributed by atoms with Crippen LogP contribution >= 0.6 is 0 Å². The SMILES string of the molecule is Cc1nc(-c2ccccc2)ccc1-c1nnc([C@H]2CN(C)C[C@@H](C)O2)o1. The summed E-state index contributed by atoms with van der Waals surface area (Å²) in [7, 11) is 2.07. The van der Waals surface area contributed by atoms with Crippen molar-refractivity contribution in [1.82, 2.24) is 20.1 Å². The fourth-order valence-corrected chi connectivity index (χ4v) is 3.33. The summed E-state index contributed by atoms with van der Waals surface area (Å²) in [5.41, 5.74) is 3.72.